The Balaban J connectivity index is 1.36. The van der Waals surface area contributed by atoms with Gasteiger partial charge in [-0.3, -0.25) is 0 Å². The molecule has 0 aromatic rings. The number of hydrogen-bond donors (Lipinski definition) is 2. The molecule has 3 aliphatic rings. The number of carbonyl (C=O) groups is 1. The first-order valence-electron chi connectivity index (χ1n) is 9.20. The summed E-state index contributed by atoms with van der Waals surface area (Å²) < 4.78 is 0. The molecule has 3 fully saturated rings. The monoisotopic (exact) mass is 325 g/mol. The number of likely N-dealkylation sites (tertiary alicyclic amines) is 1. The first kappa shape index (κ1) is 16.4. The highest BCUT2D eigenvalue weighted by Gasteiger charge is 2.26. The van der Waals surface area contributed by atoms with Crippen molar-refractivity contribution in [2.75, 3.05) is 24.6 Å². The van der Waals surface area contributed by atoms with Crippen molar-refractivity contribution >= 4 is 17.8 Å². The lowest BCUT2D eigenvalue weighted by molar-refractivity contribution is 0.168. The van der Waals surface area contributed by atoms with Crippen LogP contribution in [0.1, 0.15) is 57.8 Å². The molecule has 3 rings (SSSR count). The quantitative estimate of drug-likeness (QED) is 0.838. The SMILES string of the molecule is O=C(NC1CCCCC1)N1CCC(N[C@@H]2CCCSC2)CC1. The lowest BCUT2D eigenvalue weighted by Gasteiger charge is -2.36. The van der Waals surface area contributed by atoms with Crippen LogP contribution in [-0.4, -0.2) is 53.7 Å². The molecule has 0 spiro atoms. The van der Waals surface area contributed by atoms with Gasteiger partial charge in [0.2, 0.25) is 0 Å². The van der Waals surface area contributed by atoms with Crippen LogP contribution in [0.15, 0.2) is 0 Å². The van der Waals surface area contributed by atoms with Gasteiger partial charge in [0.25, 0.3) is 0 Å². The van der Waals surface area contributed by atoms with Crippen molar-refractivity contribution in [2.45, 2.75) is 75.9 Å². The molecule has 22 heavy (non-hydrogen) atoms. The summed E-state index contributed by atoms with van der Waals surface area (Å²) in [6, 6.07) is 1.92. The maximum absolute atomic E-state index is 12.4. The Kier molecular flexibility index (Phi) is 6.30. The second-order valence-corrected chi connectivity index (χ2v) is 8.28. The molecule has 1 aliphatic carbocycles. The van der Waals surface area contributed by atoms with Gasteiger partial charge >= 0.3 is 6.03 Å². The number of rotatable bonds is 3. The maximum atomic E-state index is 12.4. The third-order valence-corrected chi connectivity index (χ3v) is 6.56. The summed E-state index contributed by atoms with van der Waals surface area (Å²) in [5, 5.41) is 7.07. The molecule has 1 saturated carbocycles. The minimum atomic E-state index is 0.179. The first-order chi connectivity index (χ1) is 10.8. The van der Waals surface area contributed by atoms with Gasteiger partial charge in [0.1, 0.15) is 0 Å². The van der Waals surface area contributed by atoms with Crippen LogP contribution in [0, 0.1) is 0 Å². The van der Waals surface area contributed by atoms with Crippen molar-refractivity contribution in [3.63, 3.8) is 0 Å². The first-order valence-corrected chi connectivity index (χ1v) is 10.4. The summed E-state index contributed by atoms with van der Waals surface area (Å²) in [5.41, 5.74) is 0. The molecule has 4 nitrogen and oxygen atoms in total. The van der Waals surface area contributed by atoms with Crippen LogP contribution in [0.5, 0.6) is 0 Å². The van der Waals surface area contributed by atoms with Crippen molar-refractivity contribution in [1.29, 1.82) is 0 Å². The van der Waals surface area contributed by atoms with E-state index in [9.17, 15) is 4.79 Å². The van der Waals surface area contributed by atoms with E-state index in [0.29, 0.717) is 18.1 Å². The highest BCUT2D eigenvalue weighted by Crippen LogP contribution is 2.20. The average molecular weight is 326 g/mol. The minimum Gasteiger partial charge on any atom is -0.335 e. The van der Waals surface area contributed by atoms with Crippen molar-refractivity contribution in [3.05, 3.63) is 0 Å². The van der Waals surface area contributed by atoms with Gasteiger partial charge in [-0.25, -0.2) is 4.79 Å². The van der Waals surface area contributed by atoms with Gasteiger partial charge in [0.15, 0.2) is 0 Å². The van der Waals surface area contributed by atoms with E-state index in [-0.39, 0.29) is 6.03 Å². The van der Waals surface area contributed by atoms with Gasteiger partial charge in [-0.1, -0.05) is 19.3 Å². The topological polar surface area (TPSA) is 44.4 Å². The van der Waals surface area contributed by atoms with Crippen LogP contribution >= 0.6 is 11.8 Å². The van der Waals surface area contributed by atoms with E-state index in [0.717, 1.165) is 25.9 Å². The molecule has 2 amide bonds. The molecule has 0 unspecified atom stereocenters. The molecule has 0 aromatic carbocycles. The number of carbonyl (C=O) groups excluding carboxylic acids is 1. The Bertz CT molecular complexity index is 346. The molecule has 2 saturated heterocycles. The van der Waals surface area contributed by atoms with E-state index in [1.807, 2.05) is 4.90 Å². The average Bonchev–Trinajstić information content (AvgIpc) is 2.57. The predicted octanol–water partition coefficient (Wildman–Crippen LogP) is 2.98. The molecule has 5 heteroatoms. The zero-order valence-electron chi connectivity index (χ0n) is 13.7. The zero-order chi connectivity index (χ0) is 15.2. The van der Waals surface area contributed by atoms with Crippen molar-refractivity contribution in [2.24, 2.45) is 0 Å². The second kappa shape index (κ2) is 8.44. The van der Waals surface area contributed by atoms with Crippen LogP contribution in [-0.2, 0) is 0 Å². The van der Waals surface area contributed by atoms with Crippen LogP contribution in [0.3, 0.4) is 0 Å². The van der Waals surface area contributed by atoms with Gasteiger partial charge in [0, 0.05) is 37.0 Å². The normalized spacial score (nSPS) is 28.5. The minimum absolute atomic E-state index is 0.179. The Morgan fingerprint density at radius 2 is 1.59 bits per heavy atom. The molecule has 2 N–H and O–H groups in total. The summed E-state index contributed by atoms with van der Waals surface area (Å²) >= 11 is 2.08. The summed E-state index contributed by atoms with van der Waals surface area (Å²) in [5.74, 6) is 2.60. The predicted molar refractivity (Wildman–Crippen MR) is 93.5 cm³/mol. The number of urea groups is 1. The van der Waals surface area contributed by atoms with Crippen LogP contribution in [0.2, 0.25) is 0 Å². The zero-order valence-corrected chi connectivity index (χ0v) is 14.5. The lowest BCUT2D eigenvalue weighted by Crippen LogP contribution is -2.52. The fraction of sp³-hybridized carbons (Fsp3) is 0.941. The van der Waals surface area contributed by atoms with Crippen LogP contribution < -0.4 is 10.6 Å². The van der Waals surface area contributed by atoms with Gasteiger partial charge in [-0.05, 0) is 44.3 Å². The van der Waals surface area contributed by atoms with Crippen molar-refractivity contribution in [1.82, 2.24) is 15.5 Å². The summed E-state index contributed by atoms with van der Waals surface area (Å²) in [6.07, 6.45) is 11.1. The lowest BCUT2D eigenvalue weighted by atomic mass is 9.95. The number of amides is 2. The molecule has 1 atom stereocenters. The Morgan fingerprint density at radius 3 is 2.27 bits per heavy atom. The third-order valence-electron chi connectivity index (χ3n) is 5.35. The van der Waals surface area contributed by atoms with Gasteiger partial charge in [0.05, 0.1) is 0 Å². The van der Waals surface area contributed by atoms with Gasteiger partial charge in [-0.15, -0.1) is 0 Å². The summed E-state index contributed by atoms with van der Waals surface area (Å²) in [7, 11) is 0. The fourth-order valence-electron chi connectivity index (χ4n) is 3.97. The molecular weight excluding hydrogens is 294 g/mol. The molecule has 0 bridgehead atoms. The summed E-state index contributed by atoms with van der Waals surface area (Å²) in [4.78, 5) is 14.4. The number of nitrogens with one attached hydrogen (secondary N) is 2. The van der Waals surface area contributed by atoms with Gasteiger partial charge < -0.3 is 15.5 Å². The van der Waals surface area contributed by atoms with E-state index in [4.69, 9.17) is 0 Å². The molecular formula is C17H31N3OS. The molecule has 0 radical (unpaired) electrons. The smallest absolute Gasteiger partial charge is 0.317 e. The van der Waals surface area contributed by atoms with Gasteiger partial charge in [-0.2, -0.15) is 11.8 Å². The van der Waals surface area contributed by atoms with Crippen LogP contribution in [0.4, 0.5) is 4.79 Å². The van der Waals surface area contributed by atoms with Crippen molar-refractivity contribution < 1.29 is 4.79 Å². The van der Waals surface area contributed by atoms with Crippen molar-refractivity contribution in [3.8, 4) is 0 Å². The Morgan fingerprint density at radius 1 is 0.864 bits per heavy atom. The number of thioether (sulfide) groups is 1. The third kappa shape index (κ3) is 4.79. The fourth-order valence-corrected chi connectivity index (χ4v) is 5.05. The Labute approximate surface area is 139 Å². The Hall–Kier alpha value is -0.420. The highest BCUT2D eigenvalue weighted by molar-refractivity contribution is 7.99. The number of piperidine rings is 1. The van der Waals surface area contributed by atoms with Crippen LogP contribution in [0.25, 0.3) is 0 Å². The number of nitrogens with zero attached hydrogens (tertiary/aromatic N) is 1. The molecule has 0 aromatic heterocycles. The molecule has 2 heterocycles. The van der Waals surface area contributed by atoms with E-state index >= 15 is 0 Å². The maximum Gasteiger partial charge on any atom is 0.317 e. The molecule has 2 aliphatic heterocycles. The number of hydrogen-bond acceptors (Lipinski definition) is 3. The second-order valence-electron chi connectivity index (χ2n) is 7.13. The molecule has 126 valence electrons. The largest absolute Gasteiger partial charge is 0.335 e. The summed E-state index contributed by atoms with van der Waals surface area (Å²) in [6.45, 7) is 1.83. The highest BCUT2D eigenvalue weighted by atomic mass is 32.2. The van der Waals surface area contributed by atoms with E-state index in [1.54, 1.807) is 0 Å². The van der Waals surface area contributed by atoms with E-state index in [1.165, 1.54) is 56.5 Å². The standard InChI is InChI=1S/C17H31N3OS/c21-17(19-14-5-2-1-3-6-14)20-10-8-15(9-11-20)18-16-7-4-12-22-13-16/h14-16,18H,1-13H2,(H,19,21)/t16-/m1/s1. The van der Waals surface area contributed by atoms with E-state index in [2.05, 4.69) is 22.4 Å². The van der Waals surface area contributed by atoms with E-state index < -0.39 is 0 Å².